The standard InChI is InChI=1S/C12H8N2S.C8H7N3.C6H5N5.C6H6N4/c1-2-7-11-9(5-1)14-12(15-11)10-6-3-4-8-13-10;1-2-5-9-8(4-1)11-7-3-6-10-11;1-2-4-7-6(3-1)11-9-5-8-10-11;1-2-8-5(7-1)6-9-3-4-10-6/h1-8H;1-7H;1-5H;1-4H,(H,7,8)(H,9,10). The van der Waals surface area contributed by atoms with Crippen LogP contribution in [0.1, 0.15) is 0 Å². The first kappa shape index (κ1) is 30.3. The predicted molar refractivity (Wildman–Crippen MR) is 177 cm³/mol. The first-order valence-electron chi connectivity index (χ1n) is 14.1. The molecule has 0 aliphatic rings. The Morgan fingerprint density at radius 1 is 0.574 bits per heavy atom. The SMILES string of the molecule is c1c[nH]c(-c2ncc[nH]2)n1.c1ccc(-c2nc3ccccc3s2)nc1.c1ccc(-n2cccn2)nc1.c1ccc(-n2ncnn2)nc1. The van der Waals surface area contributed by atoms with Crippen molar-refractivity contribution in [1.82, 2.24) is 69.9 Å². The minimum Gasteiger partial charge on any atom is -0.342 e. The van der Waals surface area contributed by atoms with Gasteiger partial charge < -0.3 is 9.97 Å². The number of para-hydroxylation sites is 1. The third-order valence-corrected chi connectivity index (χ3v) is 7.05. The van der Waals surface area contributed by atoms with Crippen LogP contribution in [0.3, 0.4) is 0 Å². The number of hydrogen-bond donors (Lipinski definition) is 2. The maximum atomic E-state index is 4.54. The zero-order chi connectivity index (χ0) is 31.9. The molecule has 47 heavy (non-hydrogen) atoms. The molecule has 2 N–H and O–H groups in total. The highest BCUT2D eigenvalue weighted by molar-refractivity contribution is 7.21. The number of fused-ring (bicyclic) bond motifs is 1. The number of benzene rings is 1. The Hall–Kier alpha value is -6.74. The van der Waals surface area contributed by atoms with Gasteiger partial charge in [-0.3, -0.25) is 4.98 Å². The summed E-state index contributed by atoms with van der Waals surface area (Å²) in [5.41, 5.74) is 1.99. The van der Waals surface area contributed by atoms with E-state index >= 15 is 0 Å². The smallest absolute Gasteiger partial charge is 0.176 e. The van der Waals surface area contributed by atoms with Crippen molar-refractivity contribution in [3.8, 4) is 34.0 Å². The van der Waals surface area contributed by atoms with Gasteiger partial charge in [0.05, 0.1) is 15.9 Å². The molecule has 15 heteroatoms. The molecule has 0 atom stereocenters. The molecule has 0 aliphatic carbocycles. The molecule has 230 valence electrons. The number of nitrogens with zero attached hydrogens (tertiary/aromatic N) is 12. The van der Waals surface area contributed by atoms with Crippen LogP contribution in [-0.4, -0.2) is 69.9 Å². The van der Waals surface area contributed by atoms with E-state index in [1.165, 1.54) is 15.8 Å². The van der Waals surface area contributed by atoms with E-state index in [9.17, 15) is 0 Å². The molecular formula is C32H26N14S. The Kier molecular flexibility index (Phi) is 10.2. The van der Waals surface area contributed by atoms with E-state index in [1.807, 2.05) is 85.1 Å². The largest absolute Gasteiger partial charge is 0.342 e. The van der Waals surface area contributed by atoms with Crippen LogP contribution in [0.25, 0.3) is 44.2 Å². The lowest BCUT2D eigenvalue weighted by Crippen LogP contribution is -2.00. The van der Waals surface area contributed by atoms with Gasteiger partial charge in [0.1, 0.15) is 5.01 Å². The molecule has 0 radical (unpaired) electrons. The summed E-state index contributed by atoms with van der Waals surface area (Å²) >= 11 is 1.68. The van der Waals surface area contributed by atoms with Crippen LogP contribution in [-0.2, 0) is 0 Å². The van der Waals surface area contributed by atoms with Crippen molar-refractivity contribution in [3.05, 3.63) is 147 Å². The summed E-state index contributed by atoms with van der Waals surface area (Å²) in [6.07, 6.45) is 17.1. The van der Waals surface area contributed by atoms with E-state index in [2.05, 4.69) is 66.4 Å². The highest BCUT2D eigenvalue weighted by Gasteiger charge is 2.05. The van der Waals surface area contributed by atoms with Crippen molar-refractivity contribution in [2.75, 3.05) is 0 Å². The van der Waals surface area contributed by atoms with Gasteiger partial charge in [-0.25, -0.2) is 29.6 Å². The van der Waals surface area contributed by atoms with Crippen LogP contribution in [0.4, 0.5) is 0 Å². The molecule has 0 amide bonds. The topological polar surface area (TPSA) is 170 Å². The average Bonchev–Trinajstić information content (AvgIpc) is 4.00. The fourth-order valence-corrected chi connectivity index (χ4v) is 4.84. The molecule has 9 rings (SSSR count). The summed E-state index contributed by atoms with van der Waals surface area (Å²) in [6.45, 7) is 0. The molecule has 0 spiro atoms. The van der Waals surface area contributed by atoms with E-state index in [-0.39, 0.29) is 0 Å². The van der Waals surface area contributed by atoms with Gasteiger partial charge in [-0.1, -0.05) is 30.3 Å². The zero-order valence-corrected chi connectivity index (χ0v) is 25.4. The van der Waals surface area contributed by atoms with E-state index in [1.54, 1.807) is 65.6 Å². The quantitative estimate of drug-likeness (QED) is 0.251. The number of imidazole rings is 2. The van der Waals surface area contributed by atoms with Crippen LogP contribution in [0.5, 0.6) is 0 Å². The molecule has 0 bridgehead atoms. The highest BCUT2D eigenvalue weighted by atomic mass is 32.1. The lowest BCUT2D eigenvalue weighted by atomic mass is 10.3. The zero-order valence-electron chi connectivity index (χ0n) is 24.6. The van der Waals surface area contributed by atoms with E-state index < -0.39 is 0 Å². The van der Waals surface area contributed by atoms with Gasteiger partial charge in [0, 0.05) is 55.8 Å². The molecule has 9 aromatic rings. The van der Waals surface area contributed by atoms with Gasteiger partial charge >= 0.3 is 0 Å². The monoisotopic (exact) mass is 638 g/mol. The van der Waals surface area contributed by atoms with Crippen LogP contribution in [0.15, 0.2) is 147 Å². The second-order valence-corrected chi connectivity index (χ2v) is 10.2. The molecule has 0 saturated heterocycles. The minimum atomic E-state index is 0.671. The van der Waals surface area contributed by atoms with Crippen LogP contribution < -0.4 is 0 Å². The summed E-state index contributed by atoms with van der Waals surface area (Å²) in [7, 11) is 0. The molecule has 0 saturated carbocycles. The summed E-state index contributed by atoms with van der Waals surface area (Å²) in [5.74, 6) is 3.05. The predicted octanol–water partition coefficient (Wildman–Crippen LogP) is 5.48. The summed E-state index contributed by atoms with van der Waals surface area (Å²) in [5, 5.41) is 16.1. The molecule has 0 aliphatic heterocycles. The lowest BCUT2D eigenvalue weighted by molar-refractivity contribution is 0.700. The van der Waals surface area contributed by atoms with Crippen LogP contribution in [0.2, 0.25) is 0 Å². The van der Waals surface area contributed by atoms with Crippen LogP contribution in [0, 0.1) is 0 Å². The highest BCUT2D eigenvalue weighted by Crippen LogP contribution is 2.28. The maximum Gasteiger partial charge on any atom is 0.176 e. The number of hydrogen-bond acceptors (Lipinski definition) is 11. The summed E-state index contributed by atoms with van der Waals surface area (Å²) < 4.78 is 2.93. The first-order valence-corrected chi connectivity index (χ1v) is 15.0. The Balaban J connectivity index is 0.000000111. The van der Waals surface area contributed by atoms with Crippen molar-refractivity contribution < 1.29 is 0 Å². The van der Waals surface area contributed by atoms with Crippen molar-refractivity contribution in [1.29, 1.82) is 0 Å². The van der Waals surface area contributed by atoms with Crippen molar-refractivity contribution in [3.63, 3.8) is 0 Å². The number of rotatable bonds is 4. The van der Waals surface area contributed by atoms with Gasteiger partial charge in [-0.05, 0) is 59.8 Å². The maximum absolute atomic E-state index is 4.54. The Morgan fingerprint density at radius 2 is 1.26 bits per heavy atom. The number of tetrazole rings is 1. The van der Waals surface area contributed by atoms with Crippen molar-refractivity contribution in [2.24, 2.45) is 0 Å². The average molecular weight is 639 g/mol. The van der Waals surface area contributed by atoms with Gasteiger partial charge in [0.25, 0.3) is 0 Å². The normalized spacial score (nSPS) is 10.1. The van der Waals surface area contributed by atoms with Gasteiger partial charge in [0.15, 0.2) is 29.6 Å². The van der Waals surface area contributed by atoms with E-state index in [4.69, 9.17) is 0 Å². The fourth-order valence-electron chi connectivity index (χ4n) is 3.90. The molecule has 1 aromatic carbocycles. The Bertz CT molecular complexity index is 1980. The molecule has 14 nitrogen and oxygen atoms in total. The number of aromatic amines is 2. The number of H-pyrrole nitrogens is 2. The third kappa shape index (κ3) is 8.46. The van der Waals surface area contributed by atoms with E-state index in [0.717, 1.165) is 33.7 Å². The van der Waals surface area contributed by atoms with Gasteiger partial charge in [-0.2, -0.15) is 5.10 Å². The number of pyridine rings is 3. The number of nitrogens with one attached hydrogen (secondary N) is 2. The van der Waals surface area contributed by atoms with Crippen molar-refractivity contribution in [2.45, 2.75) is 0 Å². The minimum absolute atomic E-state index is 0.671. The van der Waals surface area contributed by atoms with Gasteiger partial charge in [-0.15, -0.1) is 26.3 Å². The summed E-state index contributed by atoms with van der Waals surface area (Å²) in [4.78, 5) is 32.2. The molecule has 8 aromatic heterocycles. The Morgan fingerprint density at radius 3 is 1.81 bits per heavy atom. The number of aromatic nitrogens is 14. The number of thiazole rings is 1. The van der Waals surface area contributed by atoms with Crippen LogP contribution >= 0.6 is 11.3 Å². The van der Waals surface area contributed by atoms with Gasteiger partial charge in [0.2, 0.25) is 0 Å². The van der Waals surface area contributed by atoms with E-state index in [0.29, 0.717) is 5.82 Å². The molecule has 8 heterocycles. The third-order valence-electron chi connectivity index (χ3n) is 5.99. The van der Waals surface area contributed by atoms with Crippen molar-refractivity contribution >= 4 is 21.6 Å². The fraction of sp³-hybridized carbons (Fsp3) is 0. The molecule has 0 unspecified atom stereocenters. The second kappa shape index (κ2) is 15.8. The first-order chi connectivity index (χ1) is 23.3. The molecular weight excluding hydrogens is 613 g/mol. The molecule has 0 fully saturated rings. The Labute approximate surface area is 271 Å². The summed E-state index contributed by atoms with van der Waals surface area (Å²) in [6, 6.07) is 27.1. The second-order valence-electron chi connectivity index (χ2n) is 9.13. The lowest BCUT2D eigenvalue weighted by Gasteiger charge is -1.96.